The number of rotatable bonds is 10. The van der Waals surface area contributed by atoms with Gasteiger partial charge in [-0.1, -0.05) is 44.2 Å². The molecule has 0 aliphatic carbocycles. The van der Waals surface area contributed by atoms with E-state index in [0.29, 0.717) is 23.2 Å². The number of esters is 1. The molecule has 140 valence electrons. The molecule has 0 saturated heterocycles. The van der Waals surface area contributed by atoms with Gasteiger partial charge in [0, 0.05) is 0 Å². The smallest absolute Gasteiger partial charge is 0.316 e. The van der Waals surface area contributed by atoms with Crippen molar-refractivity contribution < 1.29 is 19.1 Å². The Bertz CT molecular complexity index is 715. The number of thiazole rings is 1. The average molecular weight is 376 g/mol. The second-order valence-corrected chi connectivity index (χ2v) is 7.25. The van der Waals surface area contributed by atoms with E-state index in [1.165, 1.54) is 11.3 Å². The fourth-order valence-electron chi connectivity index (χ4n) is 2.35. The molecule has 0 radical (unpaired) electrons. The minimum atomic E-state index is -0.433. The summed E-state index contributed by atoms with van der Waals surface area (Å²) in [6.07, 6.45) is 0.767. The molecule has 0 spiro atoms. The monoisotopic (exact) mass is 376 g/mol. The number of hydrogen-bond donors (Lipinski definition) is 1. The lowest BCUT2D eigenvalue weighted by molar-refractivity contribution is -0.147. The number of nitrogens with two attached hydrogens (primary N) is 1. The molecule has 0 fully saturated rings. The highest BCUT2D eigenvalue weighted by Gasteiger charge is 2.27. The molecular weight excluding hydrogens is 352 g/mol. The van der Waals surface area contributed by atoms with Crippen LogP contribution in [0.4, 0.5) is 0 Å². The fourth-order valence-corrected chi connectivity index (χ4v) is 3.19. The number of aromatic nitrogens is 1. The van der Waals surface area contributed by atoms with Crippen LogP contribution in [0.5, 0.6) is 5.88 Å². The third-order valence-electron chi connectivity index (χ3n) is 3.61. The summed E-state index contributed by atoms with van der Waals surface area (Å²) in [7, 11) is 0. The molecule has 2 aromatic rings. The van der Waals surface area contributed by atoms with Crippen molar-refractivity contribution in [3.05, 3.63) is 46.3 Å². The van der Waals surface area contributed by atoms with Crippen LogP contribution >= 0.6 is 11.3 Å². The maximum atomic E-state index is 12.6. The molecule has 1 amide bonds. The molecule has 2 N–H and O–H groups in total. The third-order valence-corrected chi connectivity index (χ3v) is 4.55. The number of amides is 1. The first-order valence-corrected chi connectivity index (χ1v) is 9.40. The van der Waals surface area contributed by atoms with Crippen molar-refractivity contribution in [2.24, 2.45) is 11.7 Å². The molecule has 1 heterocycles. The summed E-state index contributed by atoms with van der Waals surface area (Å²) < 4.78 is 10.9. The topological polar surface area (TPSA) is 91.5 Å². The van der Waals surface area contributed by atoms with Crippen LogP contribution in [0.15, 0.2) is 35.7 Å². The molecule has 0 bridgehead atoms. The van der Waals surface area contributed by atoms with Crippen LogP contribution in [0.1, 0.15) is 43.2 Å². The third kappa shape index (κ3) is 6.48. The number of nitrogens with zero attached hydrogens (tertiary/aromatic N) is 1. The van der Waals surface area contributed by atoms with Gasteiger partial charge in [-0.2, -0.15) is 0 Å². The number of primary amides is 1. The highest BCUT2D eigenvalue weighted by molar-refractivity contribution is 7.10. The second-order valence-electron chi connectivity index (χ2n) is 6.36. The molecule has 0 unspecified atom stereocenters. The van der Waals surface area contributed by atoms with Crippen molar-refractivity contribution in [3.8, 4) is 5.88 Å². The highest BCUT2D eigenvalue weighted by atomic mass is 32.1. The predicted octanol–water partition coefficient (Wildman–Crippen LogP) is 3.27. The van der Waals surface area contributed by atoms with Gasteiger partial charge in [0.15, 0.2) is 0 Å². The predicted molar refractivity (Wildman–Crippen MR) is 99.9 cm³/mol. The molecule has 1 aromatic heterocycles. The molecular formula is C19H24N2O4S. The van der Waals surface area contributed by atoms with E-state index in [-0.39, 0.29) is 25.6 Å². The van der Waals surface area contributed by atoms with Gasteiger partial charge >= 0.3 is 5.97 Å². The maximum absolute atomic E-state index is 12.6. The number of benzene rings is 1. The zero-order chi connectivity index (χ0) is 18.9. The van der Waals surface area contributed by atoms with Crippen molar-refractivity contribution in [1.29, 1.82) is 0 Å². The van der Waals surface area contributed by atoms with Crippen molar-refractivity contribution in [3.63, 3.8) is 0 Å². The van der Waals surface area contributed by atoms with E-state index in [1.54, 1.807) is 5.38 Å². The highest BCUT2D eigenvalue weighted by Crippen LogP contribution is 2.30. The van der Waals surface area contributed by atoms with E-state index in [9.17, 15) is 9.59 Å². The quantitative estimate of drug-likeness (QED) is 0.643. The van der Waals surface area contributed by atoms with Gasteiger partial charge in [-0.25, -0.2) is 4.98 Å². The van der Waals surface area contributed by atoms with E-state index in [2.05, 4.69) is 18.8 Å². The zero-order valence-corrected chi connectivity index (χ0v) is 15.8. The van der Waals surface area contributed by atoms with Crippen LogP contribution in [0.2, 0.25) is 0 Å². The van der Waals surface area contributed by atoms with Crippen LogP contribution in [0.3, 0.4) is 0 Å². The normalized spacial score (nSPS) is 12.0. The maximum Gasteiger partial charge on any atom is 0.316 e. The van der Waals surface area contributed by atoms with Gasteiger partial charge in [0.1, 0.15) is 17.5 Å². The van der Waals surface area contributed by atoms with Gasteiger partial charge in [0.25, 0.3) is 0 Å². The number of ether oxygens (including phenoxy) is 2. The summed E-state index contributed by atoms with van der Waals surface area (Å²) >= 11 is 1.36. The van der Waals surface area contributed by atoms with Crippen molar-refractivity contribution >= 4 is 23.2 Å². The first-order chi connectivity index (χ1) is 12.5. The SMILES string of the molecule is CC(C)C[C@@H](C(=O)OCc1ccccc1)c1nc(OCCC(N)=O)cs1. The Morgan fingerprint density at radius 2 is 1.96 bits per heavy atom. The summed E-state index contributed by atoms with van der Waals surface area (Å²) in [4.78, 5) is 27.8. The van der Waals surface area contributed by atoms with Crippen LogP contribution in [-0.2, 0) is 20.9 Å². The lowest BCUT2D eigenvalue weighted by Gasteiger charge is -2.16. The molecule has 26 heavy (non-hydrogen) atoms. The van der Waals surface area contributed by atoms with E-state index in [1.807, 2.05) is 30.3 Å². The standard InChI is InChI=1S/C19H24N2O4S/c1-13(2)10-15(19(23)25-11-14-6-4-3-5-7-14)18-21-17(12-26-18)24-9-8-16(20)22/h3-7,12-13,15H,8-11H2,1-2H3,(H2,20,22)/t15-/m1/s1. The molecule has 2 rings (SSSR count). The van der Waals surface area contributed by atoms with Crippen LogP contribution in [0.25, 0.3) is 0 Å². The fraction of sp³-hybridized carbons (Fsp3) is 0.421. The number of hydrogen-bond acceptors (Lipinski definition) is 6. The first kappa shape index (κ1) is 19.9. The Morgan fingerprint density at radius 1 is 1.23 bits per heavy atom. The van der Waals surface area contributed by atoms with Gasteiger partial charge in [-0.15, -0.1) is 11.3 Å². The second kappa shape index (κ2) is 9.91. The Labute approximate surface area is 157 Å². The van der Waals surface area contributed by atoms with E-state index in [0.717, 1.165) is 5.56 Å². The van der Waals surface area contributed by atoms with Crippen LogP contribution in [0, 0.1) is 5.92 Å². The minimum absolute atomic E-state index is 0.126. The summed E-state index contributed by atoms with van der Waals surface area (Å²) in [6, 6.07) is 9.57. The van der Waals surface area contributed by atoms with Crippen molar-refractivity contribution in [2.75, 3.05) is 6.61 Å². The summed E-state index contributed by atoms with van der Waals surface area (Å²) in [5, 5.41) is 2.39. The van der Waals surface area contributed by atoms with Gasteiger partial charge in [-0.3, -0.25) is 9.59 Å². The van der Waals surface area contributed by atoms with Crippen LogP contribution < -0.4 is 10.5 Å². The molecule has 7 heteroatoms. The van der Waals surface area contributed by atoms with Crippen molar-refractivity contribution in [2.45, 2.75) is 39.2 Å². The van der Waals surface area contributed by atoms with Gasteiger partial charge < -0.3 is 15.2 Å². The van der Waals surface area contributed by atoms with E-state index < -0.39 is 11.8 Å². The Balaban J connectivity index is 2.00. The van der Waals surface area contributed by atoms with E-state index in [4.69, 9.17) is 15.2 Å². The molecule has 0 aliphatic heterocycles. The molecule has 0 saturated carbocycles. The first-order valence-electron chi connectivity index (χ1n) is 8.52. The Hall–Kier alpha value is -2.41. The van der Waals surface area contributed by atoms with E-state index >= 15 is 0 Å². The molecule has 1 aromatic carbocycles. The number of carbonyl (C=O) groups is 2. The number of carbonyl (C=O) groups excluding carboxylic acids is 2. The lowest BCUT2D eigenvalue weighted by atomic mass is 9.98. The molecule has 0 aliphatic rings. The lowest BCUT2D eigenvalue weighted by Crippen LogP contribution is -2.18. The van der Waals surface area contributed by atoms with Crippen LogP contribution in [-0.4, -0.2) is 23.5 Å². The van der Waals surface area contributed by atoms with Gasteiger partial charge in [0.05, 0.1) is 18.4 Å². The molecule has 1 atom stereocenters. The van der Waals surface area contributed by atoms with Gasteiger partial charge in [0.2, 0.25) is 11.8 Å². The summed E-state index contributed by atoms with van der Waals surface area (Å²) in [5.41, 5.74) is 6.03. The molecule has 6 nitrogen and oxygen atoms in total. The minimum Gasteiger partial charge on any atom is -0.477 e. The Kier molecular flexibility index (Phi) is 7.59. The average Bonchev–Trinajstić information content (AvgIpc) is 3.06. The van der Waals surface area contributed by atoms with Crippen molar-refractivity contribution in [1.82, 2.24) is 4.98 Å². The largest absolute Gasteiger partial charge is 0.477 e. The summed E-state index contributed by atoms with van der Waals surface area (Å²) in [6.45, 7) is 4.51. The zero-order valence-electron chi connectivity index (χ0n) is 15.0. The Morgan fingerprint density at radius 3 is 2.62 bits per heavy atom. The van der Waals surface area contributed by atoms with Gasteiger partial charge in [-0.05, 0) is 17.9 Å². The summed E-state index contributed by atoms with van der Waals surface area (Å²) in [5.74, 6) is -0.441.